The summed E-state index contributed by atoms with van der Waals surface area (Å²) in [6, 6.07) is 6.85. The third-order valence-electron chi connectivity index (χ3n) is 5.94. The van der Waals surface area contributed by atoms with E-state index in [1.165, 1.54) is 24.4 Å². The topological polar surface area (TPSA) is 148 Å². The number of aliphatic hydroxyl groups excluding tert-OH is 1. The van der Waals surface area contributed by atoms with E-state index in [4.69, 9.17) is 48.0 Å². The Labute approximate surface area is 215 Å². The number of hydrogen-bond acceptors (Lipinski definition) is 11. The molecule has 4 heterocycles. The minimum absolute atomic E-state index is 0.00419. The van der Waals surface area contributed by atoms with E-state index in [1.807, 2.05) is 0 Å². The summed E-state index contributed by atoms with van der Waals surface area (Å²) in [6.45, 7) is -0.671. The fraction of sp³-hybridized carbons (Fsp3) is 0.500. The van der Waals surface area contributed by atoms with Gasteiger partial charge in [-0.3, -0.25) is 0 Å². The van der Waals surface area contributed by atoms with Crippen LogP contribution in [-0.4, -0.2) is 76.3 Å². The molecular formula is C20H23BClFN3O8PS. The summed E-state index contributed by atoms with van der Waals surface area (Å²) in [6.07, 6.45) is -3.49. The number of nitrogens with zero attached hydrogens (tertiary/aromatic N) is 2. The van der Waals surface area contributed by atoms with Gasteiger partial charge in [0, 0.05) is 0 Å². The number of hydrogen-bond donors (Lipinski definition) is 3. The zero-order valence-electron chi connectivity index (χ0n) is 18.6. The Hall–Kier alpha value is -1.48. The molecule has 0 aliphatic carbocycles. The molecule has 2 aromatic rings. The Morgan fingerprint density at radius 3 is 2.86 bits per heavy atom. The van der Waals surface area contributed by atoms with Crippen molar-refractivity contribution in [2.75, 3.05) is 18.9 Å². The quantitative estimate of drug-likeness (QED) is 0.350. The van der Waals surface area contributed by atoms with E-state index in [1.54, 1.807) is 12.1 Å². The van der Waals surface area contributed by atoms with Gasteiger partial charge in [0.1, 0.15) is 0 Å². The minimum atomic E-state index is -5.55. The van der Waals surface area contributed by atoms with Gasteiger partial charge in [-0.25, -0.2) is 0 Å². The van der Waals surface area contributed by atoms with Gasteiger partial charge >= 0.3 is 216 Å². The SMILES string of the molecule is [B][C@H]1C[C@H](O)[C@@H](COP2(O)(Oc3ccccc3Cl)OC[C@H]3S[C@@H](n4ccc(N)nc4=O)[C@@H](F)[C@@H]3O2)O1. The fourth-order valence-electron chi connectivity index (χ4n) is 4.16. The number of nitrogen functional groups attached to an aromatic ring is 1. The van der Waals surface area contributed by atoms with Crippen LogP contribution in [0.5, 0.6) is 5.75 Å². The second kappa shape index (κ2) is 9.68. The molecule has 0 unspecified atom stereocenters. The number of aromatic nitrogens is 2. The van der Waals surface area contributed by atoms with Gasteiger partial charge in [0.2, 0.25) is 0 Å². The van der Waals surface area contributed by atoms with Gasteiger partial charge in [-0.1, -0.05) is 0 Å². The third-order valence-corrected chi connectivity index (χ3v) is 10.0. The van der Waals surface area contributed by atoms with Crippen LogP contribution in [0.25, 0.3) is 0 Å². The van der Waals surface area contributed by atoms with E-state index < -0.39 is 61.1 Å². The van der Waals surface area contributed by atoms with Crippen LogP contribution in [0.1, 0.15) is 11.8 Å². The molecule has 0 amide bonds. The van der Waals surface area contributed by atoms with Crippen LogP contribution in [0.3, 0.4) is 0 Å². The molecule has 1 aromatic heterocycles. The first-order chi connectivity index (χ1) is 17.0. The predicted octanol–water partition coefficient (Wildman–Crippen LogP) is 1.71. The predicted molar refractivity (Wildman–Crippen MR) is 131 cm³/mol. The van der Waals surface area contributed by atoms with Crippen molar-refractivity contribution in [3.8, 4) is 5.75 Å². The summed E-state index contributed by atoms with van der Waals surface area (Å²) in [5.74, 6) is -0.0246. The summed E-state index contributed by atoms with van der Waals surface area (Å²) >= 11 is 7.29. The number of aliphatic hydroxyl groups is 1. The van der Waals surface area contributed by atoms with Crippen molar-refractivity contribution in [1.29, 1.82) is 0 Å². The Bertz CT molecular complexity index is 1210. The van der Waals surface area contributed by atoms with E-state index in [0.717, 1.165) is 16.3 Å². The molecule has 16 heteroatoms. The van der Waals surface area contributed by atoms with Gasteiger partial charge < -0.3 is 0 Å². The number of anilines is 1. The van der Waals surface area contributed by atoms with Crippen LogP contribution < -0.4 is 15.9 Å². The molecule has 3 saturated heterocycles. The Morgan fingerprint density at radius 1 is 1.39 bits per heavy atom. The molecule has 11 nitrogen and oxygen atoms in total. The molecule has 3 fully saturated rings. The number of benzene rings is 1. The number of nitrogens with two attached hydrogens (primary N) is 1. The van der Waals surface area contributed by atoms with Crippen LogP contribution in [0, 0.1) is 0 Å². The van der Waals surface area contributed by atoms with Gasteiger partial charge in [-0.15, -0.1) is 0 Å². The van der Waals surface area contributed by atoms with Gasteiger partial charge in [0.25, 0.3) is 0 Å². The van der Waals surface area contributed by atoms with Crippen molar-refractivity contribution in [2.45, 2.75) is 47.5 Å². The molecule has 1 aromatic carbocycles. The zero-order chi connectivity index (χ0) is 25.7. The number of fused-ring (bicyclic) bond motifs is 1. The number of ether oxygens (including phenoxy) is 1. The number of para-hydroxylation sites is 1. The number of thioether (sulfide) groups is 1. The van der Waals surface area contributed by atoms with Gasteiger partial charge in [-0.2, -0.15) is 0 Å². The summed E-state index contributed by atoms with van der Waals surface area (Å²) in [4.78, 5) is 27.7. The first-order valence-corrected chi connectivity index (χ1v) is 14.2. The molecule has 2 radical (unpaired) electrons. The van der Waals surface area contributed by atoms with Crippen LogP contribution in [-0.2, 0) is 18.3 Å². The van der Waals surface area contributed by atoms with Gasteiger partial charge in [0.05, 0.1) is 0 Å². The second-order valence-electron chi connectivity index (χ2n) is 8.52. The van der Waals surface area contributed by atoms with Crippen LogP contribution in [0.2, 0.25) is 5.02 Å². The van der Waals surface area contributed by atoms with E-state index in [-0.39, 0.29) is 29.6 Å². The maximum absolute atomic E-state index is 15.7. The van der Waals surface area contributed by atoms with Crippen LogP contribution in [0.4, 0.5) is 10.2 Å². The number of halogens is 2. The molecule has 0 saturated carbocycles. The normalized spacial score (nSPS) is 36.0. The molecule has 7 atom stereocenters. The van der Waals surface area contributed by atoms with Crippen molar-refractivity contribution < 1.29 is 37.2 Å². The number of alkyl halides is 1. The molecule has 36 heavy (non-hydrogen) atoms. The summed E-state index contributed by atoms with van der Waals surface area (Å²) < 4.78 is 45.3. The van der Waals surface area contributed by atoms with Crippen molar-refractivity contribution in [3.63, 3.8) is 0 Å². The molecule has 0 bridgehead atoms. The average molecular weight is 562 g/mol. The Balaban J connectivity index is 1.44. The van der Waals surface area contributed by atoms with Crippen molar-refractivity contribution in [2.24, 2.45) is 0 Å². The molecule has 194 valence electrons. The van der Waals surface area contributed by atoms with Crippen molar-refractivity contribution >= 4 is 44.8 Å². The van der Waals surface area contributed by atoms with E-state index >= 15 is 4.39 Å². The zero-order valence-corrected chi connectivity index (χ0v) is 21.1. The maximum atomic E-state index is 15.7. The van der Waals surface area contributed by atoms with Crippen LogP contribution in [0.15, 0.2) is 41.3 Å². The van der Waals surface area contributed by atoms with Gasteiger partial charge in [0.15, 0.2) is 0 Å². The summed E-state index contributed by atoms with van der Waals surface area (Å²) in [7, 11) is 0.166. The first-order valence-electron chi connectivity index (χ1n) is 11.0. The molecule has 0 spiro atoms. The average Bonchev–Trinajstić information content (AvgIpc) is 3.31. The fourth-order valence-corrected chi connectivity index (χ4v) is 8.35. The van der Waals surface area contributed by atoms with E-state index in [9.17, 15) is 14.8 Å². The monoisotopic (exact) mass is 561 g/mol. The molecule has 3 aliphatic heterocycles. The molecule has 4 N–H and O–H groups in total. The van der Waals surface area contributed by atoms with Crippen LogP contribution >= 0.6 is 31.1 Å². The summed E-state index contributed by atoms with van der Waals surface area (Å²) in [5, 5.41) is 8.64. The first kappa shape index (κ1) is 26.1. The Kier molecular flexibility index (Phi) is 7.03. The van der Waals surface area contributed by atoms with Gasteiger partial charge in [-0.05, 0) is 0 Å². The second-order valence-corrected chi connectivity index (χ2v) is 12.8. The number of rotatable bonds is 6. The molecule has 5 rings (SSSR count). The van der Waals surface area contributed by atoms with E-state index in [0.29, 0.717) is 0 Å². The third kappa shape index (κ3) is 4.98. The van der Waals surface area contributed by atoms with Crippen molar-refractivity contribution in [3.05, 3.63) is 52.0 Å². The Morgan fingerprint density at radius 2 is 2.17 bits per heavy atom. The summed E-state index contributed by atoms with van der Waals surface area (Å²) in [5.41, 5.74) is 4.81. The van der Waals surface area contributed by atoms with E-state index in [2.05, 4.69) is 4.98 Å². The van der Waals surface area contributed by atoms with Crippen molar-refractivity contribution in [1.82, 2.24) is 9.55 Å². The molecular weight excluding hydrogens is 539 g/mol. The standard InChI is InChI=1S/C20H23BClFN3O8PS/c21-15-7-11(27)13(32-15)8-30-35(29,33-12-4-2-1-3-10(12)22)31-9-14-18(34-35)17(23)19(36-14)26-6-5-16(24)25-20(26)28/h1-6,11,13-15,17-19,27,29H,7-9H2,(H2,24,25,28)/t11-,13+,14+,15+,17-,18+,19+/m0/s1. The molecule has 3 aliphatic rings.